The number of phenolic OH excluding ortho intramolecular Hbond substituents is 1. The molecule has 1 aliphatic carbocycles. The number of fused-ring (bicyclic) bond motifs is 3. The molecule has 0 amide bonds. The van der Waals surface area contributed by atoms with E-state index in [2.05, 4.69) is 5.32 Å². The van der Waals surface area contributed by atoms with Crippen LogP contribution in [-0.2, 0) is 6.42 Å². The van der Waals surface area contributed by atoms with Crippen molar-refractivity contribution in [3.05, 3.63) is 45.6 Å². The molecule has 0 spiro atoms. The van der Waals surface area contributed by atoms with E-state index in [1.165, 1.54) is 26.4 Å². The summed E-state index contributed by atoms with van der Waals surface area (Å²) in [5.41, 5.74) is 2.71. The van der Waals surface area contributed by atoms with Gasteiger partial charge in [-0.1, -0.05) is 6.07 Å². The summed E-state index contributed by atoms with van der Waals surface area (Å²) in [4.78, 5) is 12.1. The quantitative estimate of drug-likeness (QED) is 0.793. The zero-order chi connectivity index (χ0) is 18.1. The van der Waals surface area contributed by atoms with E-state index >= 15 is 0 Å². The van der Waals surface area contributed by atoms with Crippen molar-refractivity contribution in [3.63, 3.8) is 0 Å². The number of ether oxygens (including phenoxy) is 2. The second kappa shape index (κ2) is 6.64. The fourth-order valence-corrected chi connectivity index (χ4v) is 3.43. The van der Waals surface area contributed by atoms with Crippen molar-refractivity contribution < 1.29 is 19.7 Å². The van der Waals surface area contributed by atoms with Crippen LogP contribution in [-0.4, -0.2) is 31.5 Å². The van der Waals surface area contributed by atoms with E-state index in [-0.39, 0.29) is 17.5 Å². The third kappa shape index (κ3) is 2.78. The molecule has 132 valence electrons. The van der Waals surface area contributed by atoms with Gasteiger partial charge >= 0.3 is 0 Å². The van der Waals surface area contributed by atoms with Crippen LogP contribution in [0.5, 0.6) is 23.0 Å². The van der Waals surface area contributed by atoms with Crippen molar-refractivity contribution in [1.29, 1.82) is 0 Å². The van der Waals surface area contributed by atoms with Crippen molar-refractivity contribution in [3.8, 4) is 34.1 Å². The summed E-state index contributed by atoms with van der Waals surface area (Å²) in [6.07, 6.45) is 1.46. The van der Waals surface area contributed by atoms with E-state index in [1.807, 2.05) is 7.05 Å². The Morgan fingerprint density at radius 2 is 1.92 bits per heavy atom. The van der Waals surface area contributed by atoms with E-state index in [0.717, 1.165) is 23.1 Å². The van der Waals surface area contributed by atoms with Gasteiger partial charge in [0.25, 0.3) is 0 Å². The van der Waals surface area contributed by atoms with Gasteiger partial charge in [-0.15, -0.1) is 0 Å². The molecule has 1 unspecified atom stereocenters. The van der Waals surface area contributed by atoms with Crippen LogP contribution < -0.4 is 20.2 Å². The van der Waals surface area contributed by atoms with Gasteiger partial charge in [-0.3, -0.25) is 4.79 Å². The molecule has 0 aliphatic heterocycles. The van der Waals surface area contributed by atoms with Gasteiger partial charge in [0.1, 0.15) is 0 Å². The Balaban J connectivity index is 2.43. The number of phenols is 1. The summed E-state index contributed by atoms with van der Waals surface area (Å²) in [6.45, 7) is 0. The fraction of sp³-hybridized carbons (Fsp3) is 0.316. The maximum absolute atomic E-state index is 12.1. The molecule has 25 heavy (non-hydrogen) atoms. The molecule has 0 saturated carbocycles. The van der Waals surface area contributed by atoms with Crippen molar-refractivity contribution in [2.75, 3.05) is 21.3 Å². The first-order valence-corrected chi connectivity index (χ1v) is 8.03. The highest BCUT2D eigenvalue weighted by atomic mass is 16.5. The number of benzene rings is 1. The Morgan fingerprint density at radius 3 is 2.56 bits per heavy atom. The lowest BCUT2D eigenvalue weighted by Gasteiger charge is -2.17. The highest BCUT2D eigenvalue weighted by Crippen LogP contribution is 2.49. The SMILES string of the molecule is CNC1CCc2cc(OC)c(O)c(OC)c2-c2ccc(O)c(=O)cc21. The maximum atomic E-state index is 12.1. The molecular formula is C19H21NO5. The first kappa shape index (κ1) is 17.1. The Kier molecular flexibility index (Phi) is 4.55. The second-order valence-electron chi connectivity index (χ2n) is 5.97. The molecule has 6 nitrogen and oxygen atoms in total. The summed E-state index contributed by atoms with van der Waals surface area (Å²) >= 11 is 0. The number of hydrogen-bond donors (Lipinski definition) is 3. The van der Waals surface area contributed by atoms with Crippen LogP contribution in [0.1, 0.15) is 23.6 Å². The summed E-state index contributed by atoms with van der Waals surface area (Å²) in [7, 11) is 4.80. The van der Waals surface area contributed by atoms with Crippen molar-refractivity contribution in [2.24, 2.45) is 0 Å². The Hall–Kier alpha value is -2.73. The maximum Gasteiger partial charge on any atom is 0.220 e. The molecule has 2 aromatic rings. The molecule has 3 rings (SSSR count). The summed E-state index contributed by atoms with van der Waals surface area (Å²) < 4.78 is 10.7. The molecule has 0 saturated heterocycles. The molecule has 1 aliphatic rings. The molecular weight excluding hydrogens is 322 g/mol. The average Bonchev–Trinajstić information content (AvgIpc) is 2.84. The van der Waals surface area contributed by atoms with Crippen LogP contribution in [0, 0.1) is 0 Å². The number of nitrogens with one attached hydrogen (secondary N) is 1. The molecule has 0 heterocycles. The van der Waals surface area contributed by atoms with E-state index in [9.17, 15) is 15.0 Å². The minimum absolute atomic E-state index is 0.0697. The lowest BCUT2D eigenvalue weighted by molar-refractivity contribution is 0.340. The fourth-order valence-electron chi connectivity index (χ4n) is 3.43. The van der Waals surface area contributed by atoms with Crippen LogP contribution in [0.2, 0.25) is 0 Å². The minimum atomic E-state index is -0.443. The monoisotopic (exact) mass is 343 g/mol. The zero-order valence-electron chi connectivity index (χ0n) is 14.4. The van der Waals surface area contributed by atoms with Gasteiger partial charge in [-0.05, 0) is 54.8 Å². The lowest BCUT2D eigenvalue weighted by atomic mass is 9.95. The lowest BCUT2D eigenvalue weighted by Crippen LogP contribution is -2.17. The van der Waals surface area contributed by atoms with Gasteiger partial charge in [-0.25, -0.2) is 0 Å². The van der Waals surface area contributed by atoms with Gasteiger partial charge < -0.3 is 25.0 Å². The van der Waals surface area contributed by atoms with Crippen LogP contribution in [0.3, 0.4) is 0 Å². The highest BCUT2D eigenvalue weighted by molar-refractivity contribution is 5.82. The largest absolute Gasteiger partial charge is 0.504 e. The molecule has 2 aromatic carbocycles. The first-order chi connectivity index (χ1) is 12.0. The van der Waals surface area contributed by atoms with Crippen LogP contribution in [0.15, 0.2) is 29.1 Å². The van der Waals surface area contributed by atoms with Crippen molar-refractivity contribution in [1.82, 2.24) is 5.32 Å². The summed E-state index contributed by atoms with van der Waals surface area (Å²) in [5.74, 6) is 0.232. The molecule has 3 N–H and O–H groups in total. The molecule has 0 radical (unpaired) electrons. The van der Waals surface area contributed by atoms with E-state index < -0.39 is 5.43 Å². The predicted octanol–water partition coefficient (Wildman–Crippen LogP) is 2.35. The van der Waals surface area contributed by atoms with Crippen molar-refractivity contribution >= 4 is 0 Å². The Bertz CT molecular complexity index is 879. The topological polar surface area (TPSA) is 88.0 Å². The number of rotatable bonds is 3. The third-order valence-corrected chi connectivity index (χ3v) is 4.68. The first-order valence-electron chi connectivity index (χ1n) is 8.03. The number of aryl methyl sites for hydroxylation is 1. The smallest absolute Gasteiger partial charge is 0.220 e. The highest BCUT2D eigenvalue weighted by Gasteiger charge is 2.27. The molecule has 0 aromatic heterocycles. The second-order valence-corrected chi connectivity index (χ2v) is 5.97. The van der Waals surface area contributed by atoms with Gasteiger partial charge in [0.2, 0.25) is 11.2 Å². The predicted molar refractivity (Wildman–Crippen MR) is 94.7 cm³/mol. The minimum Gasteiger partial charge on any atom is -0.504 e. The standard InChI is InChI=1S/C19H21NO5/c1-20-13-6-4-10-8-16(24-2)18(23)19(25-3)17(10)11-5-7-14(21)15(22)9-12(11)13/h5,7-9,13,20,23H,4,6H2,1-3H3,(H,21,22). The van der Waals surface area contributed by atoms with Crippen molar-refractivity contribution in [2.45, 2.75) is 18.9 Å². The molecule has 0 bridgehead atoms. The molecule has 6 heteroatoms. The van der Waals surface area contributed by atoms with E-state index in [1.54, 1.807) is 12.1 Å². The van der Waals surface area contributed by atoms with Gasteiger partial charge in [-0.2, -0.15) is 0 Å². The van der Waals surface area contributed by atoms with Gasteiger partial charge in [0.05, 0.1) is 14.2 Å². The normalized spacial score (nSPS) is 15.7. The van der Waals surface area contributed by atoms with Gasteiger partial charge in [0, 0.05) is 11.6 Å². The molecule has 1 atom stereocenters. The zero-order valence-corrected chi connectivity index (χ0v) is 14.4. The number of aromatic hydroxyl groups is 2. The number of methoxy groups -OCH3 is 2. The van der Waals surface area contributed by atoms with Crippen LogP contribution >= 0.6 is 0 Å². The molecule has 0 fully saturated rings. The Morgan fingerprint density at radius 1 is 1.16 bits per heavy atom. The van der Waals surface area contributed by atoms with E-state index in [0.29, 0.717) is 23.5 Å². The third-order valence-electron chi connectivity index (χ3n) is 4.68. The average molecular weight is 343 g/mol. The van der Waals surface area contributed by atoms with Crippen LogP contribution in [0.25, 0.3) is 11.1 Å². The summed E-state index contributed by atoms with van der Waals surface area (Å²) in [5, 5.41) is 23.5. The number of hydrogen-bond acceptors (Lipinski definition) is 6. The van der Waals surface area contributed by atoms with E-state index in [4.69, 9.17) is 9.47 Å². The van der Waals surface area contributed by atoms with Gasteiger partial charge in [0.15, 0.2) is 17.2 Å². The summed E-state index contributed by atoms with van der Waals surface area (Å²) in [6, 6.07) is 6.24. The van der Waals surface area contributed by atoms with Crippen LogP contribution in [0.4, 0.5) is 0 Å². The Labute approximate surface area is 145 Å².